The highest BCUT2D eigenvalue weighted by molar-refractivity contribution is 5.74. The quantitative estimate of drug-likeness (QED) is 0.916. The number of aromatic nitrogens is 2. The number of amides is 2. The molecular formula is C15H24N4O3. The molecule has 22 heavy (non-hydrogen) atoms. The van der Waals surface area contributed by atoms with Crippen molar-refractivity contribution in [3.8, 4) is 0 Å². The van der Waals surface area contributed by atoms with E-state index in [4.69, 9.17) is 4.74 Å². The molecule has 0 aromatic carbocycles. The van der Waals surface area contributed by atoms with Crippen LogP contribution in [0.2, 0.25) is 0 Å². The fraction of sp³-hybridized carbons (Fsp3) is 0.800. The van der Waals surface area contributed by atoms with Crippen LogP contribution >= 0.6 is 0 Å². The molecule has 3 heterocycles. The molecular weight excluding hydrogens is 284 g/mol. The van der Waals surface area contributed by atoms with E-state index in [9.17, 15) is 4.79 Å². The van der Waals surface area contributed by atoms with E-state index in [0.29, 0.717) is 24.1 Å². The second-order valence-corrected chi connectivity index (χ2v) is 6.37. The van der Waals surface area contributed by atoms with Gasteiger partial charge in [-0.25, -0.2) is 9.42 Å². The smallest absolute Gasteiger partial charge is 0.317 e. The molecule has 1 aromatic rings. The molecule has 7 nitrogen and oxygen atoms in total. The Labute approximate surface area is 130 Å². The first kappa shape index (κ1) is 15.3. The molecule has 2 amide bonds. The summed E-state index contributed by atoms with van der Waals surface area (Å²) in [5, 5.41) is 10.4. The number of hydrogen-bond acceptors (Lipinski definition) is 5. The van der Waals surface area contributed by atoms with Crippen molar-refractivity contribution in [1.82, 2.24) is 20.5 Å². The van der Waals surface area contributed by atoms with Crippen molar-refractivity contribution in [1.29, 1.82) is 0 Å². The molecule has 0 radical (unpaired) electrons. The summed E-state index contributed by atoms with van der Waals surface area (Å²) in [6.45, 7) is 5.65. The lowest BCUT2D eigenvalue weighted by Crippen LogP contribution is -2.45. The minimum Gasteiger partial charge on any atom is -0.381 e. The number of urea groups is 1. The van der Waals surface area contributed by atoms with Gasteiger partial charge < -0.3 is 15.0 Å². The summed E-state index contributed by atoms with van der Waals surface area (Å²) in [5.41, 5.74) is 1.41. The molecule has 0 spiro atoms. The highest BCUT2D eigenvalue weighted by atomic mass is 16.6. The first-order valence-corrected chi connectivity index (χ1v) is 8.11. The fourth-order valence-electron chi connectivity index (χ4n) is 3.36. The normalized spacial score (nSPS) is 25.4. The molecule has 0 aliphatic carbocycles. The summed E-state index contributed by atoms with van der Waals surface area (Å²) in [4.78, 5) is 14.2. The van der Waals surface area contributed by atoms with Gasteiger partial charge in [0, 0.05) is 26.3 Å². The third kappa shape index (κ3) is 3.76. The summed E-state index contributed by atoms with van der Waals surface area (Å²) >= 11 is 0. The van der Waals surface area contributed by atoms with Gasteiger partial charge in [0.15, 0.2) is 0 Å². The lowest BCUT2D eigenvalue weighted by Gasteiger charge is -2.33. The van der Waals surface area contributed by atoms with Crippen molar-refractivity contribution in [3.63, 3.8) is 0 Å². The highest BCUT2D eigenvalue weighted by Gasteiger charge is 2.27. The number of likely N-dealkylation sites (tertiary alicyclic amines) is 1. The maximum Gasteiger partial charge on any atom is 0.317 e. The Morgan fingerprint density at radius 1 is 1.36 bits per heavy atom. The SMILES string of the molecule is Cc1nonc1CNC(=O)N1CCCC(CC2CCOC2)C1. The number of carbonyl (C=O) groups excluding carboxylic acids is 1. The lowest BCUT2D eigenvalue weighted by atomic mass is 9.88. The average Bonchev–Trinajstić information content (AvgIpc) is 3.17. The topological polar surface area (TPSA) is 80.5 Å². The van der Waals surface area contributed by atoms with Crippen LogP contribution in [0.5, 0.6) is 0 Å². The molecule has 7 heteroatoms. The number of carbonyl (C=O) groups is 1. The molecule has 2 unspecified atom stereocenters. The zero-order valence-electron chi connectivity index (χ0n) is 13.1. The summed E-state index contributed by atoms with van der Waals surface area (Å²) in [7, 11) is 0. The maximum atomic E-state index is 12.3. The van der Waals surface area contributed by atoms with Crippen molar-refractivity contribution >= 4 is 6.03 Å². The van der Waals surface area contributed by atoms with Gasteiger partial charge in [-0.2, -0.15) is 0 Å². The van der Waals surface area contributed by atoms with Crippen molar-refractivity contribution < 1.29 is 14.2 Å². The first-order valence-electron chi connectivity index (χ1n) is 8.11. The Morgan fingerprint density at radius 2 is 2.27 bits per heavy atom. The molecule has 0 bridgehead atoms. The molecule has 3 rings (SSSR count). The number of hydrogen-bond donors (Lipinski definition) is 1. The summed E-state index contributed by atoms with van der Waals surface area (Å²) < 4.78 is 10.1. The van der Waals surface area contributed by atoms with Gasteiger partial charge in [0.2, 0.25) is 0 Å². The molecule has 2 saturated heterocycles. The maximum absolute atomic E-state index is 12.3. The second kappa shape index (κ2) is 7.09. The van der Waals surface area contributed by atoms with Gasteiger partial charge in [-0.05, 0) is 44.4 Å². The Bertz CT molecular complexity index is 499. The average molecular weight is 308 g/mol. The zero-order valence-corrected chi connectivity index (χ0v) is 13.1. The Balaban J connectivity index is 1.46. The molecule has 1 aromatic heterocycles. The molecule has 2 fully saturated rings. The lowest BCUT2D eigenvalue weighted by molar-refractivity contribution is 0.146. The number of piperidine rings is 1. The van der Waals surface area contributed by atoms with Gasteiger partial charge in [0.25, 0.3) is 0 Å². The molecule has 0 saturated carbocycles. The number of nitrogens with one attached hydrogen (secondary N) is 1. The molecule has 1 N–H and O–H groups in total. The molecule has 2 atom stereocenters. The largest absolute Gasteiger partial charge is 0.381 e. The number of ether oxygens (including phenoxy) is 1. The van der Waals surface area contributed by atoms with Crippen LogP contribution in [0, 0.1) is 18.8 Å². The van der Waals surface area contributed by atoms with Crippen molar-refractivity contribution in [2.45, 2.75) is 39.2 Å². The standard InChI is InChI=1S/C15H24N4O3/c1-11-14(18-22-17-11)8-16-15(20)19-5-2-3-12(9-19)7-13-4-6-21-10-13/h12-13H,2-10H2,1H3,(H,16,20). The predicted molar refractivity (Wildman–Crippen MR) is 79.1 cm³/mol. The van der Waals surface area contributed by atoms with Gasteiger partial charge in [0.05, 0.1) is 6.54 Å². The van der Waals surface area contributed by atoms with Crippen LogP contribution in [0.3, 0.4) is 0 Å². The number of aryl methyl sites for hydroxylation is 1. The zero-order chi connectivity index (χ0) is 15.4. The first-order chi connectivity index (χ1) is 10.7. The van der Waals surface area contributed by atoms with Gasteiger partial charge in [-0.15, -0.1) is 0 Å². The van der Waals surface area contributed by atoms with E-state index in [1.807, 2.05) is 11.8 Å². The Hall–Kier alpha value is -1.63. The van der Waals surface area contributed by atoms with Crippen molar-refractivity contribution in [2.75, 3.05) is 26.3 Å². The highest BCUT2D eigenvalue weighted by Crippen LogP contribution is 2.27. The van der Waals surface area contributed by atoms with E-state index in [0.717, 1.165) is 38.4 Å². The van der Waals surface area contributed by atoms with Crippen LogP contribution < -0.4 is 5.32 Å². The number of nitrogens with zero attached hydrogens (tertiary/aromatic N) is 3. The van der Waals surface area contributed by atoms with Gasteiger partial charge in [0.1, 0.15) is 11.4 Å². The van der Waals surface area contributed by atoms with E-state index < -0.39 is 0 Å². The minimum atomic E-state index is -0.0187. The second-order valence-electron chi connectivity index (χ2n) is 6.37. The van der Waals surface area contributed by atoms with E-state index >= 15 is 0 Å². The predicted octanol–water partition coefficient (Wildman–Crippen LogP) is 1.73. The van der Waals surface area contributed by atoms with E-state index in [1.54, 1.807) is 0 Å². The van der Waals surface area contributed by atoms with Crippen LogP contribution in [0.15, 0.2) is 4.63 Å². The van der Waals surface area contributed by atoms with Crippen molar-refractivity contribution in [2.24, 2.45) is 11.8 Å². The molecule has 122 valence electrons. The van der Waals surface area contributed by atoms with E-state index in [2.05, 4.69) is 20.3 Å². The minimum absolute atomic E-state index is 0.0187. The van der Waals surface area contributed by atoms with Crippen LogP contribution in [-0.2, 0) is 11.3 Å². The van der Waals surface area contributed by atoms with Gasteiger partial charge in [-0.3, -0.25) is 0 Å². The van der Waals surface area contributed by atoms with E-state index in [1.165, 1.54) is 19.3 Å². The third-order valence-corrected chi connectivity index (χ3v) is 4.65. The Kier molecular flexibility index (Phi) is 4.92. The number of rotatable bonds is 4. The van der Waals surface area contributed by atoms with Crippen LogP contribution in [0.1, 0.15) is 37.1 Å². The molecule has 2 aliphatic rings. The van der Waals surface area contributed by atoms with Gasteiger partial charge in [-0.1, -0.05) is 10.3 Å². The summed E-state index contributed by atoms with van der Waals surface area (Å²) in [6, 6.07) is -0.0187. The van der Waals surface area contributed by atoms with E-state index in [-0.39, 0.29) is 6.03 Å². The fourth-order valence-corrected chi connectivity index (χ4v) is 3.36. The van der Waals surface area contributed by atoms with Gasteiger partial charge >= 0.3 is 6.03 Å². The summed E-state index contributed by atoms with van der Waals surface area (Å²) in [6.07, 6.45) is 4.64. The van der Waals surface area contributed by atoms with Crippen LogP contribution in [-0.4, -0.2) is 47.5 Å². The monoisotopic (exact) mass is 308 g/mol. The van der Waals surface area contributed by atoms with Crippen LogP contribution in [0.4, 0.5) is 4.79 Å². The Morgan fingerprint density at radius 3 is 3.00 bits per heavy atom. The van der Waals surface area contributed by atoms with Crippen LogP contribution in [0.25, 0.3) is 0 Å². The summed E-state index contributed by atoms with van der Waals surface area (Å²) in [5.74, 6) is 1.28. The molecule has 2 aliphatic heterocycles. The third-order valence-electron chi connectivity index (χ3n) is 4.65. The van der Waals surface area contributed by atoms with Crippen molar-refractivity contribution in [3.05, 3.63) is 11.4 Å².